The van der Waals surface area contributed by atoms with Crippen molar-refractivity contribution in [2.24, 2.45) is 0 Å². The van der Waals surface area contributed by atoms with Gasteiger partial charge in [0.2, 0.25) is 0 Å². The van der Waals surface area contributed by atoms with Gasteiger partial charge in [0.05, 0.1) is 5.02 Å². The fourth-order valence-corrected chi connectivity index (χ4v) is 0.978. The molecular weight excluding hydrogens is 134 g/mol. The second-order valence-electron chi connectivity index (χ2n) is 1.96. The summed E-state index contributed by atoms with van der Waals surface area (Å²) < 4.78 is 0. The van der Waals surface area contributed by atoms with Crippen molar-refractivity contribution in [1.82, 2.24) is 0 Å². The summed E-state index contributed by atoms with van der Waals surface area (Å²) >= 11 is 5.61. The predicted octanol–water partition coefficient (Wildman–Crippen LogP) is 2.03. The molecule has 1 aromatic carbocycles. The molecule has 9 heavy (non-hydrogen) atoms. The Morgan fingerprint density at radius 3 is 2.67 bits per heavy atom. The highest BCUT2D eigenvalue weighted by Crippen LogP contribution is 2.14. The van der Waals surface area contributed by atoms with Crippen LogP contribution in [-0.2, 0) is 0 Å². The normalized spacial score (nSPS) is 9.56. The lowest BCUT2D eigenvalue weighted by molar-refractivity contribution is 1.47. The average molecular weight is 141 g/mol. The SMILES string of the molecule is Cc1cc(N)[c]c(Cl)c1. The van der Waals surface area contributed by atoms with Crippen molar-refractivity contribution in [1.29, 1.82) is 0 Å². The molecule has 0 saturated heterocycles. The Labute approximate surface area is 59.4 Å². The first kappa shape index (κ1) is 6.43. The fourth-order valence-electron chi connectivity index (χ4n) is 0.697. The van der Waals surface area contributed by atoms with Crippen LogP contribution < -0.4 is 5.73 Å². The van der Waals surface area contributed by atoms with E-state index < -0.39 is 0 Å². The quantitative estimate of drug-likeness (QED) is 0.549. The van der Waals surface area contributed by atoms with Crippen LogP contribution in [0.5, 0.6) is 0 Å². The summed E-state index contributed by atoms with van der Waals surface area (Å²) in [7, 11) is 0. The Morgan fingerprint density at radius 1 is 1.56 bits per heavy atom. The topological polar surface area (TPSA) is 26.0 Å². The van der Waals surface area contributed by atoms with E-state index in [2.05, 4.69) is 6.07 Å². The summed E-state index contributed by atoms with van der Waals surface area (Å²) in [5.74, 6) is 0. The summed E-state index contributed by atoms with van der Waals surface area (Å²) in [6, 6.07) is 6.40. The Morgan fingerprint density at radius 2 is 2.22 bits per heavy atom. The van der Waals surface area contributed by atoms with Crippen LogP contribution in [-0.4, -0.2) is 0 Å². The zero-order valence-electron chi connectivity index (χ0n) is 5.11. The molecule has 2 N–H and O–H groups in total. The summed E-state index contributed by atoms with van der Waals surface area (Å²) in [6.45, 7) is 1.94. The largest absolute Gasteiger partial charge is 0.398 e. The molecule has 0 unspecified atom stereocenters. The molecule has 0 atom stereocenters. The monoisotopic (exact) mass is 140 g/mol. The van der Waals surface area contributed by atoms with Crippen molar-refractivity contribution < 1.29 is 0 Å². The Kier molecular flexibility index (Phi) is 1.63. The molecule has 1 nitrogen and oxygen atoms in total. The van der Waals surface area contributed by atoms with Crippen LogP contribution >= 0.6 is 11.6 Å². The maximum absolute atomic E-state index is 5.61. The summed E-state index contributed by atoms with van der Waals surface area (Å²) in [5.41, 5.74) is 7.08. The maximum atomic E-state index is 5.61. The summed E-state index contributed by atoms with van der Waals surface area (Å²) in [6.07, 6.45) is 0. The predicted molar refractivity (Wildman–Crippen MR) is 39.4 cm³/mol. The fraction of sp³-hybridized carbons (Fsp3) is 0.143. The van der Waals surface area contributed by atoms with E-state index in [4.69, 9.17) is 17.3 Å². The first-order chi connectivity index (χ1) is 4.18. The highest BCUT2D eigenvalue weighted by Gasteiger charge is 1.90. The van der Waals surface area contributed by atoms with Gasteiger partial charge in [-0.05, 0) is 24.6 Å². The van der Waals surface area contributed by atoms with Gasteiger partial charge in [0, 0.05) is 11.8 Å². The molecule has 0 fully saturated rings. The number of aryl methyl sites for hydroxylation is 1. The van der Waals surface area contributed by atoms with Crippen LogP contribution in [0.2, 0.25) is 5.02 Å². The molecule has 2 heteroatoms. The van der Waals surface area contributed by atoms with E-state index >= 15 is 0 Å². The third-order valence-electron chi connectivity index (χ3n) is 1.00. The van der Waals surface area contributed by atoms with Gasteiger partial charge < -0.3 is 5.73 Å². The van der Waals surface area contributed by atoms with Crippen LogP contribution in [0.3, 0.4) is 0 Å². The van der Waals surface area contributed by atoms with Gasteiger partial charge in [0.1, 0.15) is 0 Å². The van der Waals surface area contributed by atoms with Crippen molar-refractivity contribution in [2.75, 3.05) is 5.73 Å². The molecule has 0 spiro atoms. The van der Waals surface area contributed by atoms with Gasteiger partial charge in [0.15, 0.2) is 0 Å². The van der Waals surface area contributed by atoms with E-state index in [1.165, 1.54) is 0 Å². The molecule has 47 valence electrons. The number of nitrogen functional groups attached to an aromatic ring is 1. The van der Waals surface area contributed by atoms with Gasteiger partial charge in [-0.15, -0.1) is 0 Å². The van der Waals surface area contributed by atoms with E-state index in [0.29, 0.717) is 10.7 Å². The Hall–Kier alpha value is -0.690. The van der Waals surface area contributed by atoms with Gasteiger partial charge >= 0.3 is 0 Å². The van der Waals surface area contributed by atoms with Gasteiger partial charge in [-0.2, -0.15) is 0 Å². The molecule has 1 aromatic rings. The van der Waals surface area contributed by atoms with Crippen LogP contribution in [0.1, 0.15) is 5.56 Å². The standard InChI is InChI=1S/C7H7ClN/c1-5-2-6(8)4-7(9)3-5/h2-3H,9H2,1H3. The van der Waals surface area contributed by atoms with E-state index in [1.54, 1.807) is 0 Å². The number of anilines is 1. The van der Waals surface area contributed by atoms with E-state index in [9.17, 15) is 0 Å². The molecule has 0 aliphatic heterocycles. The van der Waals surface area contributed by atoms with Crippen molar-refractivity contribution >= 4 is 17.3 Å². The maximum Gasteiger partial charge on any atom is 0.0509 e. The second kappa shape index (κ2) is 2.28. The lowest BCUT2D eigenvalue weighted by Crippen LogP contribution is -1.84. The molecule has 0 aliphatic rings. The molecule has 0 saturated carbocycles. The average Bonchev–Trinajstić information content (AvgIpc) is 1.59. The zero-order chi connectivity index (χ0) is 6.85. The molecule has 1 radical (unpaired) electrons. The van der Waals surface area contributed by atoms with Crippen LogP contribution in [0.15, 0.2) is 12.1 Å². The van der Waals surface area contributed by atoms with Gasteiger partial charge in [0.25, 0.3) is 0 Å². The number of hydrogen-bond acceptors (Lipinski definition) is 1. The molecule has 0 amide bonds. The summed E-state index contributed by atoms with van der Waals surface area (Å²) in [4.78, 5) is 0. The van der Waals surface area contributed by atoms with Crippen molar-refractivity contribution in [2.45, 2.75) is 6.92 Å². The molecule has 0 heterocycles. The highest BCUT2D eigenvalue weighted by molar-refractivity contribution is 6.30. The number of nitrogens with two attached hydrogens (primary N) is 1. The zero-order valence-corrected chi connectivity index (χ0v) is 5.87. The van der Waals surface area contributed by atoms with Crippen LogP contribution in [0.25, 0.3) is 0 Å². The van der Waals surface area contributed by atoms with Crippen molar-refractivity contribution in [3.63, 3.8) is 0 Å². The van der Waals surface area contributed by atoms with E-state index in [1.807, 2.05) is 19.1 Å². The number of benzene rings is 1. The third kappa shape index (κ3) is 1.61. The minimum Gasteiger partial charge on any atom is -0.398 e. The molecule has 0 aromatic heterocycles. The second-order valence-corrected chi connectivity index (χ2v) is 2.37. The van der Waals surface area contributed by atoms with Crippen LogP contribution in [0, 0.1) is 13.0 Å². The van der Waals surface area contributed by atoms with E-state index in [0.717, 1.165) is 5.56 Å². The van der Waals surface area contributed by atoms with Gasteiger partial charge in [-0.25, -0.2) is 0 Å². The van der Waals surface area contributed by atoms with Crippen LogP contribution in [0.4, 0.5) is 5.69 Å². The summed E-state index contributed by atoms with van der Waals surface area (Å²) in [5, 5.41) is 0.576. The first-order valence-electron chi connectivity index (χ1n) is 2.63. The smallest absolute Gasteiger partial charge is 0.0509 e. The molecule has 0 aliphatic carbocycles. The minimum absolute atomic E-state index is 0.576. The van der Waals surface area contributed by atoms with Crippen molar-refractivity contribution in [3.05, 3.63) is 28.8 Å². The van der Waals surface area contributed by atoms with Gasteiger partial charge in [-0.1, -0.05) is 11.6 Å². The number of hydrogen-bond donors (Lipinski definition) is 1. The highest BCUT2D eigenvalue weighted by atomic mass is 35.5. The Balaban J connectivity index is 3.17. The lowest BCUT2D eigenvalue weighted by Gasteiger charge is -1.94. The minimum atomic E-state index is 0.576. The van der Waals surface area contributed by atoms with Crippen molar-refractivity contribution in [3.8, 4) is 0 Å². The number of rotatable bonds is 0. The number of halogens is 1. The Bertz CT molecular complexity index is 170. The molecule has 1 rings (SSSR count). The lowest BCUT2D eigenvalue weighted by atomic mass is 10.2. The van der Waals surface area contributed by atoms with Gasteiger partial charge in [-0.3, -0.25) is 0 Å². The molecule has 0 bridgehead atoms. The first-order valence-corrected chi connectivity index (χ1v) is 3.01. The molecular formula is C7H7ClN. The van der Waals surface area contributed by atoms with E-state index in [-0.39, 0.29) is 0 Å². The third-order valence-corrected chi connectivity index (χ3v) is 1.20.